The van der Waals surface area contributed by atoms with Crippen LogP contribution in [-0.2, 0) is 0 Å². The minimum Gasteiger partial charge on any atom is -0.478 e. The average Bonchev–Trinajstić information content (AvgIpc) is 2.97. The van der Waals surface area contributed by atoms with E-state index >= 15 is 0 Å². The molecule has 3 rings (SSSR count). The van der Waals surface area contributed by atoms with Crippen LogP contribution in [-0.4, -0.2) is 31.5 Å². The first-order valence-corrected chi connectivity index (χ1v) is 6.39. The van der Waals surface area contributed by atoms with Gasteiger partial charge in [0, 0.05) is 23.5 Å². The number of aromatic carboxylic acids is 1. The maximum absolute atomic E-state index is 11.0. The van der Waals surface area contributed by atoms with Gasteiger partial charge in [0.15, 0.2) is 5.84 Å². The number of pyridine rings is 1. The summed E-state index contributed by atoms with van der Waals surface area (Å²) in [5.41, 5.74) is 8.40. The molecule has 0 amide bonds. The first-order chi connectivity index (χ1) is 10.6. The minimum atomic E-state index is -0.991. The van der Waals surface area contributed by atoms with Crippen LogP contribution in [0, 0.1) is 0 Å². The fraction of sp³-hybridized carbons (Fsp3) is 0. The molecule has 110 valence electrons. The van der Waals surface area contributed by atoms with Crippen LogP contribution in [0.2, 0.25) is 0 Å². The molecule has 0 saturated carbocycles. The van der Waals surface area contributed by atoms with E-state index in [4.69, 9.17) is 16.0 Å². The van der Waals surface area contributed by atoms with Gasteiger partial charge in [-0.05, 0) is 12.1 Å². The second kappa shape index (κ2) is 5.21. The standard InChI is InChI=1S/C15H12N4O3/c16-14(18-22)10-3-1-9(2-4-10)12-8-19-6-5-11(15(20)21)7-13(19)17-12/h1-8,22H,(H2,16,18)(H,20,21). The van der Waals surface area contributed by atoms with Crippen molar-refractivity contribution in [1.29, 1.82) is 0 Å². The maximum atomic E-state index is 11.0. The smallest absolute Gasteiger partial charge is 0.335 e. The lowest BCUT2D eigenvalue weighted by molar-refractivity contribution is 0.0697. The van der Waals surface area contributed by atoms with Gasteiger partial charge in [0.25, 0.3) is 0 Å². The lowest BCUT2D eigenvalue weighted by Crippen LogP contribution is -2.12. The van der Waals surface area contributed by atoms with Crippen LogP contribution in [0.25, 0.3) is 16.9 Å². The van der Waals surface area contributed by atoms with Gasteiger partial charge in [0.2, 0.25) is 0 Å². The second-order valence-corrected chi connectivity index (χ2v) is 4.67. The molecule has 0 saturated heterocycles. The van der Waals surface area contributed by atoms with Crippen molar-refractivity contribution in [2.24, 2.45) is 10.9 Å². The first kappa shape index (κ1) is 13.6. The molecule has 2 heterocycles. The molecular formula is C15H12N4O3. The second-order valence-electron chi connectivity index (χ2n) is 4.67. The molecule has 7 nitrogen and oxygen atoms in total. The van der Waals surface area contributed by atoms with Gasteiger partial charge < -0.3 is 20.4 Å². The van der Waals surface area contributed by atoms with E-state index in [1.165, 1.54) is 12.1 Å². The van der Waals surface area contributed by atoms with Crippen molar-refractivity contribution in [1.82, 2.24) is 9.38 Å². The highest BCUT2D eigenvalue weighted by atomic mass is 16.4. The van der Waals surface area contributed by atoms with E-state index in [0.29, 0.717) is 16.9 Å². The van der Waals surface area contributed by atoms with Crippen molar-refractivity contribution in [3.8, 4) is 11.3 Å². The molecule has 22 heavy (non-hydrogen) atoms. The Morgan fingerprint density at radius 2 is 1.91 bits per heavy atom. The van der Waals surface area contributed by atoms with E-state index in [2.05, 4.69) is 10.1 Å². The van der Waals surface area contributed by atoms with Crippen molar-refractivity contribution in [2.45, 2.75) is 0 Å². The Bertz CT molecular complexity index is 881. The van der Waals surface area contributed by atoms with Crippen molar-refractivity contribution in [3.63, 3.8) is 0 Å². The van der Waals surface area contributed by atoms with Crippen LogP contribution < -0.4 is 5.73 Å². The third-order valence-electron chi connectivity index (χ3n) is 3.29. The summed E-state index contributed by atoms with van der Waals surface area (Å²) in [6.07, 6.45) is 3.46. The predicted molar refractivity (Wildman–Crippen MR) is 80.1 cm³/mol. The number of hydrogen-bond donors (Lipinski definition) is 3. The Morgan fingerprint density at radius 3 is 2.55 bits per heavy atom. The zero-order chi connectivity index (χ0) is 15.7. The number of hydrogen-bond acceptors (Lipinski definition) is 4. The fourth-order valence-electron chi connectivity index (χ4n) is 2.12. The summed E-state index contributed by atoms with van der Waals surface area (Å²) in [5.74, 6) is -0.956. The third-order valence-corrected chi connectivity index (χ3v) is 3.29. The molecular weight excluding hydrogens is 284 g/mol. The summed E-state index contributed by atoms with van der Waals surface area (Å²) in [7, 11) is 0. The van der Waals surface area contributed by atoms with Gasteiger partial charge in [-0.3, -0.25) is 0 Å². The van der Waals surface area contributed by atoms with Gasteiger partial charge in [0.1, 0.15) is 5.65 Å². The van der Waals surface area contributed by atoms with Gasteiger partial charge in [-0.15, -0.1) is 0 Å². The van der Waals surface area contributed by atoms with Gasteiger partial charge in [0.05, 0.1) is 11.3 Å². The molecule has 0 spiro atoms. The molecule has 0 aliphatic carbocycles. The number of rotatable bonds is 3. The van der Waals surface area contributed by atoms with Crippen LogP contribution in [0.1, 0.15) is 15.9 Å². The number of carboxylic acid groups (broad SMARTS) is 1. The van der Waals surface area contributed by atoms with Crippen molar-refractivity contribution in [3.05, 3.63) is 59.9 Å². The van der Waals surface area contributed by atoms with E-state index in [-0.39, 0.29) is 11.4 Å². The summed E-state index contributed by atoms with van der Waals surface area (Å²) < 4.78 is 1.75. The van der Waals surface area contributed by atoms with Crippen LogP contribution >= 0.6 is 0 Å². The number of imidazole rings is 1. The predicted octanol–water partition coefficient (Wildman–Crippen LogP) is 1.79. The summed E-state index contributed by atoms with van der Waals surface area (Å²) in [6, 6.07) is 10.1. The summed E-state index contributed by atoms with van der Waals surface area (Å²) in [6.45, 7) is 0. The number of benzene rings is 1. The summed E-state index contributed by atoms with van der Waals surface area (Å²) in [4.78, 5) is 15.4. The number of aromatic nitrogens is 2. The highest BCUT2D eigenvalue weighted by Gasteiger charge is 2.08. The van der Waals surface area contributed by atoms with Crippen molar-refractivity contribution < 1.29 is 15.1 Å². The monoisotopic (exact) mass is 296 g/mol. The Labute approximate surface area is 124 Å². The van der Waals surface area contributed by atoms with Gasteiger partial charge in [-0.25, -0.2) is 9.78 Å². The molecule has 4 N–H and O–H groups in total. The Morgan fingerprint density at radius 1 is 1.18 bits per heavy atom. The first-order valence-electron chi connectivity index (χ1n) is 6.39. The Kier molecular flexibility index (Phi) is 3.23. The number of oxime groups is 1. The fourth-order valence-corrected chi connectivity index (χ4v) is 2.12. The number of amidine groups is 1. The molecule has 0 bridgehead atoms. The van der Waals surface area contributed by atoms with Crippen molar-refractivity contribution in [2.75, 3.05) is 0 Å². The normalized spacial score (nSPS) is 11.7. The number of carbonyl (C=O) groups is 1. The molecule has 3 aromatic rings. The zero-order valence-electron chi connectivity index (χ0n) is 11.3. The van der Waals surface area contributed by atoms with E-state index in [1.807, 2.05) is 0 Å². The van der Waals surface area contributed by atoms with Crippen LogP contribution in [0.3, 0.4) is 0 Å². The van der Waals surface area contributed by atoms with Gasteiger partial charge >= 0.3 is 5.97 Å². The number of carboxylic acids is 1. The van der Waals surface area contributed by atoms with Crippen LogP contribution in [0.4, 0.5) is 0 Å². The molecule has 1 aromatic carbocycles. The molecule has 0 aliphatic rings. The lowest BCUT2D eigenvalue weighted by Gasteiger charge is -2.00. The molecule has 0 unspecified atom stereocenters. The van der Waals surface area contributed by atoms with Crippen molar-refractivity contribution >= 4 is 17.5 Å². The summed E-state index contributed by atoms with van der Waals surface area (Å²) in [5, 5.41) is 20.6. The molecule has 0 fully saturated rings. The number of fused-ring (bicyclic) bond motifs is 1. The summed E-state index contributed by atoms with van der Waals surface area (Å²) >= 11 is 0. The van der Waals surface area contributed by atoms with Gasteiger partial charge in [-0.1, -0.05) is 29.4 Å². The SMILES string of the molecule is NC(=NO)c1ccc(-c2cn3ccc(C(=O)O)cc3n2)cc1. The van der Waals surface area contributed by atoms with Crippen LogP contribution in [0.5, 0.6) is 0 Å². The van der Waals surface area contributed by atoms with E-state index in [0.717, 1.165) is 5.56 Å². The lowest BCUT2D eigenvalue weighted by atomic mass is 10.1. The molecule has 0 aliphatic heterocycles. The van der Waals surface area contributed by atoms with Crippen LogP contribution in [0.15, 0.2) is 53.9 Å². The molecule has 0 radical (unpaired) electrons. The zero-order valence-corrected chi connectivity index (χ0v) is 11.3. The van der Waals surface area contributed by atoms with E-state index in [1.54, 1.807) is 41.1 Å². The number of nitrogens with two attached hydrogens (primary N) is 1. The average molecular weight is 296 g/mol. The Hall–Kier alpha value is -3.35. The van der Waals surface area contributed by atoms with E-state index in [9.17, 15) is 4.79 Å². The topological polar surface area (TPSA) is 113 Å². The maximum Gasteiger partial charge on any atom is 0.335 e. The largest absolute Gasteiger partial charge is 0.478 e. The third kappa shape index (κ3) is 2.35. The Balaban J connectivity index is 2.01. The molecule has 7 heteroatoms. The minimum absolute atomic E-state index is 0.0349. The number of nitrogens with zero attached hydrogens (tertiary/aromatic N) is 3. The van der Waals surface area contributed by atoms with E-state index < -0.39 is 5.97 Å². The highest BCUT2D eigenvalue weighted by molar-refractivity contribution is 5.97. The van der Waals surface area contributed by atoms with Gasteiger partial charge in [-0.2, -0.15) is 0 Å². The quantitative estimate of drug-likeness (QED) is 0.295. The highest BCUT2D eigenvalue weighted by Crippen LogP contribution is 2.20. The molecule has 2 aromatic heterocycles. The molecule has 0 atom stereocenters.